The first-order chi connectivity index (χ1) is 15.2. The van der Waals surface area contributed by atoms with Gasteiger partial charge in [-0.05, 0) is 82.8 Å². The Morgan fingerprint density at radius 3 is 2.62 bits per heavy atom. The van der Waals surface area contributed by atoms with Crippen LogP contribution in [0.15, 0.2) is 18.3 Å². The molecule has 9 heteroatoms. The van der Waals surface area contributed by atoms with Crippen LogP contribution in [0.3, 0.4) is 0 Å². The van der Waals surface area contributed by atoms with Gasteiger partial charge >= 0.3 is 6.18 Å². The van der Waals surface area contributed by atoms with Crippen LogP contribution in [0.25, 0.3) is 22.4 Å². The number of nitrogens with one attached hydrogen (secondary N) is 2. The number of benzene rings is 1. The summed E-state index contributed by atoms with van der Waals surface area (Å²) in [5.41, 5.74) is 2.17. The van der Waals surface area contributed by atoms with Crippen LogP contribution in [0.5, 0.6) is 0 Å². The van der Waals surface area contributed by atoms with E-state index >= 15 is 0 Å². The van der Waals surface area contributed by atoms with Crippen molar-refractivity contribution in [2.45, 2.75) is 45.7 Å². The zero-order valence-electron chi connectivity index (χ0n) is 18.7. The molecule has 0 radical (unpaired) electrons. The third kappa shape index (κ3) is 4.87. The molecule has 6 nitrogen and oxygen atoms in total. The summed E-state index contributed by atoms with van der Waals surface area (Å²) in [5.74, 6) is 0.796. The third-order valence-electron chi connectivity index (χ3n) is 6.40. The molecule has 2 N–H and O–H groups in total. The normalized spacial score (nSPS) is 16.1. The van der Waals surface area contributed by atoms with Crippen LogP contribution >= 0.6 is 0 Å². The van der Waals surface area contributed by atoms with E-state index in [1.54, 1.807) is 0 Å². The quantitative estimate of drug-likeness (QED) is 0.510. The molecule has 3 aromatic rings. The van der Waals surface area contributed by atoms with Crippen LogP contribution in [-0.4, -0.2) is 51.5 Å². The number of piperidine rings is 1. The summed E-state index contributed by atoms with van der Waals surface area (Å²) in [6.45, 7) is 6.62. The van der Waals surface area contributed by atoms with E-state index in [4.69, 9.17) is 0 Å². The molecule has 1 saturated heterocycles. The number of anilines is 1. The molecule has 4 rings (SSSR count). The van der Waals surface area contributed by atoms with E-state index in [0.29, 0.717) is 23.5 Å². The number of hydrogen-bond donors (Lipinski definition) is 2. The van der Waals surface area contributed by atoms with Crippen molar-refractivity contribution < 1.29 is 13.2 Å². The van der Waals surface area contributed by atoms with E-state index in [0.717, 1.165) is 37.1 Å². The van der Waals surface area contributed by atoms with Crippen LogP contribution in [0.2, 0.25) is 0 Å². The first-order valence-corrected chi connectivity index (χ1v) is 11.1. The molecule has 0 aliphatic carbocycles. The topological polar surface area (TPSA) is 69.7 Å². The van der Waals surface area contributed by atoms with Gasteiger partial charge in [-0.15, -0.1) is 0 Å². The second kappa shape index (κ2) is 9.05. The molecular weight excluding hydrogens is 417 g/mol. The van der Waals surface area contributed by atoms with Crippen molar-refractivity contribution >= 4 is 17.0 Å². The summed E-state index contributed by atoms with van der Waals surface area (Å²) in [5, 5.41) is 2.96. The summed E-state index contributed by atoms with van der Waals surface area (Å²) < 4.78 is 41.4. The van der Waals surface area contributed by atoms with Gasteiger partial charge < -0.3 is 15.2 Å². The summed E-state index contributed by atoms with van der Waals surface area (Å²) in [7, 11) is 2.13. The van der Waals surface area contributed by atoms with E-state index in [-0.39, 0.29) is 17.3 Å². The highest BCUT2D eigenvalue weighted by molar-refractivity contribution is 5.83. The van der Waals surface area contributed by atoms with Gasteiger partial charge in [0, 0.05) is 12.7 Å². The molecule has 0 saturated carbocycles. The smallest absolute Gasteiger partial charge is 0.354 e. The number of nitrogens with zero attached hydrogens (tertiary/aromatic N) is 4. The lowest BCUT2D eigenvalue weighted by molar-refractivity contribution is -0.140. The van der Waals surface area contributed by atoms with Crippen molar-refractivity contribution in [3.05, 3.63) is 35.2 Å². The fourth-order valence-electron chi connectivity index (χ4n) is 4.24. The van der Waals surface area contributed by atoms with Crippen molar-refractivity contribution in [3.8, 4) is 11.4 Å². The minimum atomic E-state index is -4.62. The number of H-pyrrole nitrogens is 1. The molecule has 0 atom stereocenters. The first-order valence-electron chi connectivity index (χ1n) is 11.1. The van der Waals surface area contributed by atoms with Crippen molar-refractivity contribution in [3.63, 3.8) is 0 Å². The molecule has 0 bridgehead atoms. The van der Waals surface area contributed by atoms with E-state index in [2.05, 4.69) is 37.2 Å². The van der Waals surface area contributed by atoms with Crippen LogP contribution < -0.4 is 5.32 Å². The maximum absolute atomic E-state index is 13.8. The molecule has 0 unspecified atom stereocenters. The van der Waals surface area contributed by atoms with Crippen LogP contribution in [0, 0.1) is 19.8 Å². The maximum atomic E-state index is 13.8. The highest BCUT2D eigenvalue weighted by atomic mass is 19.4. The zero-order chi connectivity index (χ0) is 22.9. The fourth-order valence-corrected chi connectivity index (χ4v) is 4.24. The molecule has 1 aliphatic heterocycles. The summed E-state index contributed by atoms with van der Waals surface area (Å²) in [4.78, 5) is 17.7. The predicted molar refractivity (Wildman–Crippen MR) is 120 cm³/mol. The monoisotopic (exact) mass is 446 g/mol. The Bertz CT molecular complexity index is 1080. The van der Waals surface area contributed by atoms with Crippen molar-refractivity contribution in [2.75, 3.05) is 32.0 Å². The SMILES string of the molecule is Cc1ccc2[nH]c(-c3cnc(NCCCC4CCN(C)CC4)nc3C(F)(F)F)nc2c1C. The van der Waals surface area contributed by atoms with Gasteiger partial charge in [-0.2, -0.15) is 13.2 Å². The van der Waals surface area contributed by atoms with Gasteiger partial charge in [-0.1, -0.05) is 6.07 Å². The highest BCUT2D eigenvalue weighted by Crippen LogP contribution is 2.36. The van der Waals surface area contributed by atoms with Crippen LogP contribution in [0.1, 0.15) is 42.5 Å². The Morgan fingerprint density at radius 2 is 1.91 bits per heavy atom. The van der Waals surface area contributed by atoms with E-state index in [1.807, 2.05) is 26.0 Å². The number of aromatic nitrogens is 4. The summed E-state index contributed by atoms with van der Waals surface area (Å²) >= 11 is 0. The lowest BCUT2D eigenvalue weighted by Crippen LogP contribution is -2.30. The standard InChI is InChI=1S/C23H29F3N6/c1-14-6-7-18-19(15(14)2)30-21(29-18)17-13-28-22(31-20(17)23(24,25)26)27-10-4-5-16-8-11-32(3)12-9-16/h6-7,13,16H,4-5,8-12H2,1-3H3,(H,29,30)(H,27,28,31). The molecule has 3 heterocycles. The van der Waals surface area contributed by atoms with Gasteiger partial charge in [0.1, 0.15) is 5.82 Å². The number of likely N-dealkylation sites (tertiary alicyclic amines) is 1. The average molecular weight is 447 g/mol. The lowest BCUT2D eigenvalue weighted by Gasteiger charge is -2.28. The third-order valence-corrected chi connectivity index (χ3v) is 6.40. The van der Waals surface area contributed by atoms with Crippen molar-refractivity contribution in [1.82, 2.24) is 24.8 Å². The van der Waals surface area contributed by atoms with Gasteiger partial charge in [0.15, 0.2) is 5.69 Å². The Hall–Kier alpha value is -2.68. The van der Waals surface area contributed by atoms with Crippen molar-refractivity contribution in [1.29, 1.82) is 0 Å². The van der Waals surface area contributed by atoms with E-state index in [9.17, 15) is 13.2 Å². The number of hydrogen-bond acceptors (Lipinski definition) is 5. The molecule has 32 heavy (non-hydrogen) atoms. The zero-order valence-corrected chi connectivity index (χ0v) is 18.7. The molecule has 1 aliphatic rings. The maximum Gasteiger partial charge on any atom is 0.434 e. The first kappa shape index (κ1) is 22.5. The van der Waals surface area contributed by atoms with E-state index in [1.165, 1.54) is 19.0 Å². The molecule has 172 valence electrons. The predicted octanol–water partition coefficient (Wildman–Crippen LogP) is 5.19. The summed E-state index contributed by atoms with van der Waals surface area (Å²) in [6.07, 6.45) is 0.875. The fraction of sp³-hybridized carbons (Fsp3) is 0.522. The van der Waals surface area contributed by atoms with Crippen LogP contribution in [-0.2, 0) is 6.18 Å². The molecule has 0 amide bonds. The number of alkyl halides is 3. The minimum Gasteiger partial charge on any atom is -0.354 e. The lowest BCUT2D eigenvalue weighted by atomic mass is 9.92. The number of aryl methyl sites for hydroxylation is 2. The molecule has 1 fully saturated rings. The van der Waals surface area contributed by atoms with Gasteiger partial charge in [0.25, 0.3) is 0 Å². The number of halogens is 3. The van der Waals surface area contributed by atoms with Gasteiger partial charge in [-0.3, -0.25) is 0 Å². The number of imidazole rings is 1. The second-order valence-corrected chi connectivity index (χ2v) is 8.76. The van der Waals surface area contributed by atoms with Gasteiger partial charge in [-0.25, -0.2) is 15.0 Å². The summed E-state index contributed by atoms with van der Waals surface area (Å²) in [6, 6.07) is 3.74. The Balaban J connectivity index is 1.49. The number of fused-ring (bicyclic) bond motifs is 1. The largest absolute Gasteiger partial charge is 0.434 e. The Labute approximate surface area is 185 Å². The Morgan fingerprint density at radius 1 is 1.16 bits per heavy atom. The molecule has 1 aromatic carbocycles. The van der Waals surface area contributed by atoms with Gasteiger partial charge in [0.05, 0.1) is 16.6 Å². The second-order valence-electron chi connectivity index (χ2n) is 8.76. The Kier molecular flexibility index (Phi) is 6.37. The highest BCUT2D eigenvalue weighted by Gasteiger charge is 2.37. The minimum absolute atomic E-state index is 0.00686. The molecular formula is C23H29F3N6. The number of aromatic amines is 1. The van der Waals surface area contributed by atoms with Crippen LogP contribution in [0.4, 0.5) is 19.1 Å². The number of rotatable bonds is 6. The van der Waals surface area contributed by atoms with E-state index < -0.39 is 11.9 Å². The molecule has 0 spiro atoms. The molecule has 2 aromatic heterocycles. The van der Waals surface area contributed by atoms with Gasteiger partial charge in [0.2, 0.25) is 5.95 Å². The van der Waals surface area contributed by atoms with Crippen molar-refractivity contribution in [2.24, 2.45) is 5.92 Å². The average Bonchev–Trinajstić information content (AvgIpc) is 3.19.